The largest absolute Gasteiger partial charge is 0.507 e. The summed E-state index contributed by atoms with van der Waals surface area (Å²) in [6.07, 6.45) is 2.39. The van der Waals surface area contributed by atoms with Crippen molar-refractivity contribution in [1.82, 2.24) is 4.90 Å². The number of hydrogen-bond acceptors (Lipinski definition) is 7. The Morgan fingerprint density at radius 3 is 2.43 bits per heavy atom. The average Bonchev–Trinajstić information content (AvgIpc) is 3.62. The number of benzene rings is 3. The fourth-order valence-electron chi connectivity index (χ4n) is 5.17. The summed E-state index contributed by atoms with van der Waals surface area (Å²) in [6.45, 7) is 7.23. The van der Waals surface area contributed by atoms with Crippen LogP contribution in [0.4, 0.5) is 0 Å². The summed E-state index contributed by atoms with van der Waals surface area (Å²) in [4.78, 5) is 28.3. The van der Waals surface area contributed by atoms with E-state index in [-0.39, 0.29) is 17.9 Å². The predicted molar refractivity (Wildman–Crippen MR) is 166 cm³/mol. The van der Waals surface area contributed by atoms with Crippen molar-refractivity contribution in [1.29, 1.82) is 0 Å². The highest BCUT2D eigenvalue weighted by molar-refractivity contribution is 6.46. The molecule has 2 heterocycles. The van der Waals surface area contributed by atoms with Gasteiger partial charge in [0.25, 0.3) is 11.7 Å². The van der Waals surface area contributed by atoms with Crippen LogP contribution in [0.1, 0.15) is 54.3 Å². The highest BCUT2D eigenvalue weighted by Crippen LogP contribution is 2.43. The average molecular weight is 596 g/mol. The van der Waals surface area contributed by atoms with E-state index in [1.54, 1.807) is 54.6 Å². The molecule has 0 aliphatic carbocycles. The van der Waals surface area contributed by atoms with Crippen molar-refractivity contribution < 1.29 is 33.3 Å². The lowest BCUT2D eigenvalue weighted by molar-refractivity contribution is -0.140. The van der Waals surface area contributed by atoms with Crippen LogP contribution in [0.3, 0.4) is 0 Å². The molecule has 1 saturated heterocycles. The van der Waals surface area contributed by atoms with E-state index in [0.29, 0.717) is 53.3 Å². The van der Waals surface area contributed by atoms with Gasteiger partial charge in [-0.3, -0.25) is 9.59 Å². The first-order valence-electron chi connectivity index (χ1n) is 14.7. The maximum absolute atomic E-state index is 13.5. The van der Waals surface area contributed by atoms with Gasteiger partial charge < -0.3 is 28.6 Å². The Labute approximate surface area is 257 Å². The van der Waals surface area contributed by atoms with E-state index in [9.17, 15) is 14.7 Å². The zero-order chi connectivity index (χ0) is 31.2. The number of likely N-dealkylation sites (tertiary alicyclic amines) is 1. The number of carbonyl (C=O) groups is 2. The third-order valence-electron chi connectivity index (χ3n) is 7.52. The third kappa shape index (κ3) is 6.80. The first kappa shape index (κ1) is 30.5. The lowest BCUT2D eigenvalue weighted by Crippen LogP contribution is -2.29. The minimum atomic E-state index is -0.893. The van der Waals surface area contributed by atoms with Gasteiger partial charge in [-0.1, -0.05) is 49.7 Å². The summed E-state index contributed by atoms with van der Waals surface area (Å²) in [6, 6.07) is 22.7. The summed E-state index contributed by atoms with van der Waals surface area (Å²) < 4.78 is 23.0. The van der Waals surface area contributed by atoms with Gasteiger partial charge in [-0.05, 0) is 78.9 Å². The summed E-state index contributed by atoms with van der Waals surface area (Å²) in [5.41, 5.74) is 3.14. The highest BCUT2D eigenvalue weighted by Gasteiger charge is 2.46. The molecule has 1 atom stereocenters. The maximum atomic E-state index is 13.5. The van der Waals surface area contributed by atoms with Crippen molar-refractivity contribution in [2.75, 3.05) is 13.7 Å². The molecule has 1 unspecified atom stereocenters. The van der Waals surface area contributed by atoms with Crippen LogP contribution in [0.25, 0.3) is 5.76 Å². The number of nitrogens with zero attached hydrogens (tertiary/aromatic N) is 1. The summed E-state index contributed by atoms with van der Waals surface area (Å²) in [5, 5.41) is 11.5. The van der Waals surface area contributed by atoms with E-state index in [0.717, 1.165) is 17.5 Å². The number of aliphatic hydroxyl groups is 1. The van der Waals surface area contributed by atoms with Crippen LogP contribution in [0, 0.1) is 12.8 Å². The predicted octanol–water partition coefficient (Wildman–Crippen LogP) is 7.22. The van der Waals surface area contributed by atoms with Gasteiger partial charge in [0.05, 0.1) is 38.1 Å². The molecule has 1 N–H and O–H groups in total. The normalized spacial score (nSPS) is 16.0. The second kappa shape index (κ2) is 13.5. The fourth-order valence-corrected chi connectivity index (χ4v) is 5.17. The Balaban J connectivity index is 1.48. The maximum Gasteiger partial charge on any atom is 0.296 e. The molecule has 1 amide bonds. The first-order chi connectivity index (χ1) is 21.2. The van der Waals surface area contributed by atoms with Crippen LogP contribution in [-0.4, -0.2) is 35.4 Å². The lowest BCUT2D eigenvalue weighted by Gasteiger charge is -2.25. The third-order valence-corrected chi connectivity index (χ3v) is 7.52. The molecule has 5 rings (SSSR count). The van der Waals surface area contributed by atoms with Crippen molar-refractivity contribution in [3.63, 3.8) is 0 Å². The SMILES string of the molecule is COc1cc(C2C(=C(O)c3ccc(OCc4cccc(C)c4)cc3)C(=O)C(=O)N2Cc2ccco2)ccc1OCCC(C)C. The zero-order valence-corrected chi connectivity index (χ0v) is 25.4. The summed E-state index contributed by atoms with van der Waals surface area (Å²) in [7, 11) is 1.54. The number of ether oxygens (including phenoxy) is 3. The summed E-state index contributed by atoms with van der Waals surface area (Å²) >= 11 is 0. The molecule has 0 spiro atoms. The van der Waals surface area contributed by atoms with Crippen molar-refractivity contribution in [2.24, 2.45) is 5.92 Å². The van der Waals surface area contributed by atoms with Crippen LogP contribution in [0.2, 0.25) is 0 Å². The first-order valence-corrected chi connectivity index (χ1v) is 14.7. The van der Waals surface area contributed by atoms with E-state index in [4.69, 9.17) is 18.6 Å². The Bertz CT molecular complexity index is 1640. The smallest absolute Gasteiger partial charge is 0.296 e. The molecule has 8 heteroatoms. The monoisotopic (exact) mass is 595 g/mol. The van der Waals surface area contributed by atoms with E-state index < -0.39 is 17.7 Å². The fraction of sp³-hybridized carbons (Fsp3) is 0.278. The quantitative estimate of drug-likeness (QED) is 0.105. The molecule has 0 bridgehead atoms. The van der Waals surface area contributed by atoms with E-state index in [2.05, 4.69) is 19.9 Å². The molecular formula is C36H37NO7. The number of methoxy groups -OCH3 is 1. The molecule has 1 aliphatic heterocycles. The van der Waals surface area contributed by atoms with Gasteiger partial charge in [0.2, 0.25) is 0 Å². The van der Waals surface area contributed by atoms with E-state index >= 15 is 0 Å². The van der Waals surface area contributed by atoms with E-state index in [1.807, 2.05) is 25.1 Å². The minimum absolute atomic E-state index is 0.0227. The molecule has 228 valence electrons. The van der Waals surface area contributed by atoms with Gasteiger partial charge in [0.15, 0.2) is 11.5 Å². The Kier molecular flexibility index (Phi) is 9.38. The molecule has 8 nitrogen and oxygen atoms in total. The second-order valence-corrected chi connectivity index (χ2v) is 11.2. The van der Waals surface area contributed by atoms with Crippen molar-refractivity contribution in [2.45, 2.75) is 46.4 Å². The highest BCUT2D eigenvalue weighted by atomic mass is 16.5. The molecule has 4 aromatic rings. The molecule has 1 aromatic heterocycles. The molecule has 1 aliphatic rings. The molecule has 0 radical (unpaired) electrons. The zero-order valence-electron chi connectivity index (χ0n) is 25.4. The topological polar surface area (TPSA) is 98.4 Å². The van der Waals surface area contributed by atoms with Crippen molar-refractivity contribution in [3.8, 4) is 17.2 Å². The second-order valence-electron chi connectivity index (χ2n) is 11.2. The van der Waals surface area contributed by atoms with Gasteiger partial charge in [-0.25, -0.2) is 0 Å². The van der Waals surface area contributed by atoms with Gasteiger partial charge in [-0.15, -0.1) is 0 Å². The van der Waals surface area contributed by atoms with Gasteiger partial charge >= 0.3 is 0 Å². The lowest BCUT2D eigenvalue weighted by atomic mass is 9.95. The molecule has 1 fully saturated rings. The number of ketones is 1. The van der Waals surface area contributed by atoms with Crippen LogP contribution in [-0.2, 0) is 22.7 Å². The molecular weight excluding hydrogens is 558 g/mol. The van der Waals surface area contributed by atoms with Crippen molar-refractivity contribution >= 4 is 17.4 Å². The van der Waals surface area contributed by atoms with Crippen LogP contribution in [0.5, 0.6) is 17.2 Å². The van der Waals surface area contributed by atoms with Crippen molar-refractivity contribution in [3.05, 3.63) is 119 Å². The number of carbonyl (C=O) groups excluding carboxylic acids is 2. The summed E-state index contributed by atoms with van der Waals surface area (Å²) in [5.74, 6) is 0.818. The Morgan fingerprint density at radius 1 is 0.955 bits per heavy atom. The molecule has 0 saturated carbocycles. The van der Waals surface area contributed by atoms with Gasteiger partial charge in [-0.2, -0.15) is 0 Å². The number of hydrogen-bond donors (Lipinski definition) is 1. The Hall–Kier alpha value is -4.98. The van der Waals surface area contributed by atoms with Crippen LogP contribution >= 0.6 is 0 Å². The van der Waals surface area contributed by atoms with Crippen LogP contribution < -0.4 is 14.2 Å². The number of furan rings is 1. The minimum Gasteiger partial charge on any atom is -0.507 e. The number of aryl methyl sites for hydroxylation is 1. The molecule has 44 heavy (non-hydrogen) atoms. The van der Waals surface area contributed by atoms with Gasteiger partial charge in [0, 0.05) is 5.56 Å². The van der Waals surface area contributed by atoms with E-state index in [1.165, 1.54) is 18.3 Å². The molecule has 3 aromatic carbocycles. The Morgan fingerprint density at radius 2 is 1.75 bits per heavy atom. The van der Waals surface area contributed by atoms with Crippen LogP contribution in [0.15, 0.2) is 95.1 Å². The number of amides is 1. The number of aliphatic hydroxyl groups excluding tert-OH is 1. The number of rotatable bonds is 12. The van der Waals surface area contributed by atoms with Gasteiger partial charge in [0.1, 0.15) is 23.9 Å². The standard InChI is InChI=1S/C36H37NO7/c1-23(2)16-18-43-30-15-12-27(20-31(30)41-4)33-32(35(39)36(40)37(33)21-29-9-6-17-42-29)34(38)26-10-13-28(14-11-26)44-22-25-8-5-7-24(3)19-25/h5-15,17,19-20,23,33,38H,16,18,21-22H2,1-4H3. The number of Topliss-reactive ketones (excluding diaryl/α,β-unsaturated/α-hetero) is 1.